The van der Waals surface area contributed by atoms with Gasteiger partial charge in [-0.3, -0.25) is 4.79 Å². The Hall–Kier alpha value is -2.64. The fourth-order valence-electron chi connectivity index (χ4n) is 2.87. The standard InChI is InChI=1S/C18H23N5O2/c1-12-5-4-8-19-17(12)20-9-10-21-18(25)15-11-14(22-23-15)13-6-2-3-7-16(13)24/h2-8,14-15,22-24H,9-11H2,1H3,(H,19,20)(H,21,25). The molecule has 0 aliphatic carbocycles. The number of hydrazine groups is 1. The monoisotopic (exact) mass is 341 g/mol. The molecule has 2 aromatic rings. The summed E-state index contributed by atoms with van der Waals surface area (Å²) in [6.45, 7) is 3.10. The van der Waals surface area contributed by atoms with E-state index in [0.29, 0.717) is 19.5 Å². The van der Waals surface area contributed by atoms with Crippen molar-refractivity contribution in [3.8, 4) is 5.75 Å². The van der Waals surface area contributed by atoms with Crippen LogP contribution in [0.4, 0.5) is 5.82 Å². The molecule has 0 bridgehead atoms. The van der Waals surface area contributed by atoms with Crippen LogP contribution in [0.5, 0.6) is 5.75 Å². The van der Waals surface area contributed by atoms with Crippen molar-refractivity contribution < 1.29 is 9.90 Å². The molecule has 1 aromatic heterocycles. The molecule has 1 fully saturated rings. The first kappa shape index (κ1) is 17.2. The van der Waals surface area contributed by atoms with Crippen LogP contribution in [-0.4, -0.2) is 35.1 Å². The number of rotatable bonds is 6. The van der Waals surface area contributed by atoms with E-state index in [0.717, 1.165) is 16.9 Å². The first-order chi connectivity index (χ1) is 12.1. The van der Waals surface area contributed by atoms with Crippen molar-refractivity contribution in [3.63, 3.8) is 0 Å². The Morgan fingerprint density at radius 3 is 2.88 bits per heavy atom. The number of para-hydroxylation sites is 1. The molecule has 7 nitrogen and oxygen atoms in total. The van der Waals surface area contributed by atoms with E-state index in [1.54, 1.807) is 18.3 Å². The molecule has 0 saturated carbocycles. The quantitative estimate of drug-likeness (QED) is 0.507. The lowest BCUT2D eigenvalue weighted by Crippen LogP contribution is -2.44. The number of anilines is 1. The molecule has 2 heterocycles. The van der Waals surface area contributed by atoms with Gasteiger partial charge in [0.2, 0.25) is 5.91 Å². The zero-order chi connectivity index (χ0) is 17.6. The number of nitrogens with zero attached hydrogens (tertiary/aromatic N) is 1. The van der Waals surface area contributed by atoms with Gasteiger partial charge in [-0.2, -0.15) is 0 Å². The summed E-state index contributed by atoms with van der Waals surface area (Å²) >= 11 is 0. The maximum absolute atomic E-state index is 12.3. The highest BCUT2D eigenvalue weighted by Crippen LogP contribution is 2.28. The first-order valence-corrected chi connectivity index (χ1v) is 8.37. The summed E-state index contributed by atoms with van der Waals surface area (Å²) in [5.41, 5.74) is 7.93. The maximum atomic E-state index is 12.3. The predicted octanol–water partition coefficient (Wildman–Crippen LogP) is 1.23. The van der Waals surface area contributed by atoms with E-state index in [-0.39, 0.29) is 23.7 Å². The average Bonchev–Trinajstić information content (AvgIpc) is 3.10. The van der Waals surface area contributed by atoms with Crippen molar-refractivity contribution in [1.82, 2.24) is 21.2 Å². The lowest BCUT2D eigenvalue weighted by molar-refractivity contribution is -0.122. The summed E-state index contributed by atoms with van der Waals surface area (Å²) in [6, 6.07) is 10.6. The zero-order valence-electron chi connectivity index (χ0n) is 14.1. The van der Waals surface area contributed by atoms with Gasteiger partial charge in [-0.05, 0) is 31.0 Å². The van der Waals surface area contributed by atoms with Crippen molar-refractivity contribution >= 4 is 11.7 Å². The Morgan fingerprint density at radius 1 is 1.24 bits per heavy atom. The van der Waals surface area contributed by atoms with Crippen molar-refractivity contribution in [2.75, 3.05) is 18.4 Å². The van der Waals surface area contributed by atoms with Crippen molar-refractivity contribution in [2.45, 2.75) is 25.4 Å². The van der Waals surface area contributed by atoms with E-state index in [4.69, 9.17) is 0 Å². The number of amides is 1. The van der Waals surface area contributed by atoms with Crippen molar-refractivity contribution in [3.05, 3.63) is 53.7 Å². The van der Waals surface area contributed by atoms with Crippen molar-refractivity contribution in [2.24, 2.45) is 0 Å². The van der Waals surface area contributed by atoms with Crippen LogP contribution in [-0.2, 0) is 4.79 Å². The van der Waals surface area contributed by atoms with Gasteiger partial charge in [0.1, 0.15) is 17.6 Å². The minimum Gasteiger partial charge on any atom is -0.508 e. The number of aromatic nitrogens is 1. The summed E-state index contributed by atoms with van der Waals surface area (Å²) in [6.07, 6.45) is 2.32. The van der Waals surface area contributed by atoms with Crippen LogP contribution in [0.15, 0.2) is 42.6 Å². The van der Waals surface area contributed by atoms with E-state index in [9.17, 15) is 9.90 Å². The second-order valence-electron chi connectivity index (χ2n) is 6.08. The highest BCUT2D eigenvalue weighted by atomic mass is 16.3. The average molecular weight is 341 g/mol. The fraction of sp³-hybridized carbons (Fsp3) is 0.333. The van der Waals surface area contributed by atoms with Crippen LogP contribution in [0.25, 0.3) is 0 Å². The first-order valence-electron chi connectivity index (χ1n) is 8.37. The molecule has 0 radical (unpaired) electrons. The van der Waals surface area contributed by atoms with Crippen LogP contribution >= 0.6 is 0 Å². The molecule has 2 atom stereocenters. The maximum Gasteiger partial charge on any atom is 0.238 e. The number of hydrogen-bond donors (Lipinski definition) is 5. The molecule has 25 heavy (non-hydrogen) atoms. The number of pyridine rings is 1. The van der Waals surface area contributed by atoms with Crippen LogP contribution < -0.4 is 21.5 Å². The Labute approximate surface area is 146 Å². The third-order valence-electron chi connectivity index (χ3n) is 4.26. The number of aromatic hydroxyl groups is 1. The Balaban J connectivity index is 1.44. The van der Waals surface area contributed by atoms with Gasteiger partial charge in [0.05, 0.1) is 6.04 Å². The Bertz CT molecular complexity index is 737. The summed E-state index contributed by atoms with van der Waals surface area (Å²) in [5, 5.41) is 16.0. The highest BCUT2D eigenvalue weighted by Gasteiger charge is 2.30. The number of carbonyl (C=O) groups excluding carboxylic acids is 1. The second kappa shape index (κ2) is 7.96. The zero-order valence-corrected chi connectivity index (χ0v) is 14.1. The Morgan fingerprint density at radius 2 is 2.08 bits per heavy atom. The molecule has 5 N–H and O–H groups in total. The van der Waals surface area contributed by atoms with Crippen molar-refractivity contribution in [1.29, 1.82) is 0 Å². The molecule has 1 amide bonds. The molecular weight excluding hydrogens is 318 g/mol. The van der Waals surface area contributed by atoms with Crippen LogP contribution in [0, 0.1) is 6.92 Å². The molecule has 1 saturated heterocycles. The number of aryl methyl sites for hydroxylation is 1. The number of benzene rings is 1. The van der Waals surface area contributed by atoms with Crippen LogP contribution in [0.1, 0.15) is 23.6 Å². The largest absolute Gasteiger partial charge is 0.508 e. The minimum absolute atomic E-state index is 0.0648. The van der Waals surface area contributed by atoms with Crippen LogP contribution in [0.2, 0.25) is 0 Å². The highest BCUT2D eigenvalue weighted by molar-refractivity contribution is 5.82. The molecule has 1 aromatic carbocycles. The number of phenolic OH excluding ortho intramolecular Hbond substituents is 1. The number of nitrogens with one attached hydrogen (secondary N) is 4. The molecule has 2 unspecified atom stereocenters. The number of hydrogen-bond acceptors (Lipinski definition) is 6. The molecule has 0 spiro atoms. The summed E-state index contributed by atoms with van der Waals surface area (Å²) < 4.78 is 0. The topological polar surface area (TPSA) is 98.3 Å². The molecule has 132 valence electrons. The van der Waals surface area contributed by atoms with Gasteiger partial charge in [-0.1, -0.05) is 24.3 Å². The van der Waals surface area contributed by atoms with E-state index >= 15 is 0 Å². The molecule has 7 heteroatoms. The molecule has 3 rings (SSSR count). The van der Waals surface area contributed by atoms with E-state index in [2.05, 4.69) is 26.5 Å². The Kier molecular flexibility index (Phi) is 5.47. The van der Waals surface area contributed by atoms with Gasteiger partial charge < -0.3 is 15.7 Å². The second-order valence-corrected chi connectivity index (χ2v) is 6.08. The van der Waals surface area contributed by atoms with Gasteiger partial charge in [0.15, 0.2) is 0 Å². The normalized spacial score (nSPS) is 19.6. The third-order valence-corrected chi connectivity index (χ3v) is 4.26. The van der Waals surface area contributed by atoms with E-state index in [1.807, 2.05) is 31.2 Å². The summed E-state index contributed by atoms with van der Waals surface area (Å²) in [5.74, 6) is 1.000. The number of phenols is 1. The van der Waals surface area contributed by atoms with Gasteiger partial charge in [0.25, 0.3) is 0 Å². The summed E-state index contributed by atoms with van der Waals surface area (Å²) in [7, 11) is 0. The molecule has 1 aliphatic heterocycles. The van der Waals surface area contributed by atoms with E-state index < -0.39 is 0 Å². The minimum atomic E-state index is -0.332. The lowest BCUT2D eigenvalue weighted by Gasteiger charge is -2.12. The molecule has 1 aliphatic rings. The summed E-state index contributed by atoms with van der Waals surface area (Å²) in [4.78, 5) is 16.5. The SMILES string of the molecule is Cc1cccnc1NCCNC(=O)C1CC(c2ccccc2O)NN1. The van der Waals surface area contributed by atoms with Gasteiger partial charge in [-0.15, -0.1) is 0 Å². The van der Waals surface area contributed by atoms with E-state index in [1.165, 1.54) is 0 Å². The smallest absolute Gasteiger partial charge is 0.238 e. The molecular formula is C18H23N5O2. The third kappa shape index (κ3) is 4.26. The number of carbonyl (C=O) groups is 1. The predicted molar refractivity (Wildman–Crippen MR) is 96.0 cm³/mol. The lowest BCUT2D eigenvalue weighted by atomic mass is 10.0. The fourth-order valence-corrected chi connectivity index (χ4v) is 2.87. The van der Waals surface area contributed by atoms with Gasteiger partial charge >= 0.3 is 0 Å². The van der Waals surface area contributed by atoms with Crippen LogP contribution in [0.3, 0.4) is 0 Å². The van der Waals surface area contributed by atoms with Gasteiger partial charge in [-0.25, -0.2) is 15.8 Å². The van der Waals surface area contributed by atoms with Gasteiger partial charge in [0, 0.05) is 24.8 Å².